The van der Waals surface area contributed by atoms with Crippen LogP contribution >= 0.6 is 0 Å². The van der Waals surface area contributed by atoms with Gasteiger partial charge >= 0.3 is 12.1 Å². The number of ether oxygens (including phenoxy) is 2. The lowest BCUT2D eigenvalue weighted by Gasteiger charge is -2.16. The van der Waals surface area contributed by atoms with Crippen molar-refractivity contribution in [3.63, 3.8) is 0 Å². The van der Waals surface area contributed by atoms with E-state index in [1.165, 1.54) is 13.2 Å². The van der Waals surface area contributed by atoms with Gasteiger partial charge in [0.15, 0.2) is 0 Å². The highest BCUT2D eigenvalue weighted by atomic mass is 16.6. The van der Waals surface area contributed by atoms with E-state index >= 15 is 0 Å². The van der Waals surface area contributed by atoms with Crippen molar-refractivity contribution in [1.82, 2.24) is 0 Å². The number of carbonyl (C=O) groups is 2. The highest BCUT2D eigenvalue weighted by Gasteiger charge is 2.12. The summed E-state index contributed by atoms with van der Waals surface area (Å²) in [5.41, 5.74) is 4.45. The molecule has 0 heterocycles. The van der Waals surface area contributed by atoms with E-state index in [1.54, 1.807) is 39.0 Å². The minimum Gasteiger partial charge on any atom is -0.496 e. The van der Waals surface area contributed by atoms with Gasteiger partial charge in [-0.2, -0.15) is 0 Å². The predicted octanol–water partition coefficient (Wildman–Crippen LogP) is 2.27. The lowest BCUT2D eigenvalue weighted by molar-refractivity contribution is 0.0598. The monoisotopic (exact) mass is 269 g/mol. The minimum atomic E-state index is -0.970. The molecule has 0 aliphatic rings. The Kier molecular flexibility index (Phi) is 6.40. The van der Waals surface area contributed by atoms with Crippen molar-refractivity contribution in [1.29, 1.82) is 0 Å². The SMILES string of the molecule is CC(C)(C)OC(N)=O.COc1ccccc1C(=O)O. The molecule has 0 saturated heterocycles. The number of para-hydroxylation sites is 1. The Morgan fingerprint density at radius 3 is 2.00 bits per heavy atom. The fourth-order valence-electron chi connectivity index (χ4n) is 1.12. The number of nitrogens with two attached hydrogens (primary N) is 1. The van der Waals surface area contributed by atoms with Crippen LogP contribution in [0.15, 0.2) is 24.3 Å². The summed E-state index contributed by atoms with van der Waals surface area (Å²) in [6.45, 7) is 5.28. The Labute approximate surface area is 112 Å². The second-order valence-electron chi connectivity index (χ2n) is 4.54. The van der Waals surface area contributed by atoms with E-state index in [4.69, 9.17) is 15.6 Å². The molecule has 0 spiro atoms. The molecule has 6 nitrogen and oxygen atoms in total. The molecule has 1 amide bonds. The number of carboxylic acid groups (broad SMARTS) is 1. The number of benzene rings is 1. The van der Waals surface area contributed by atoms with Gasteiger partial charge in [-0.15, -0.1) is 0 Å². The van der Waals surface area contributed by atoms with E-state index in [-0.39, 0.29) is 5.56 Å². The highest BCUT2D eigenvalue weighted by Crippen LogP contribution is 2.16. The second kappa shape index (κ2) is 7.25. The highest BCUT2D eigenvalue weighted by molar-refractivity contribution is 5.90. The molecule has 0 radical (unpaired) electrons. The Morgan fingerprint density at radius 2 is 1.74 bits per heavy atom. The van der Waals surface area contributed by atoms with Gasteiger partial charge < -0.3 is 20.3 Å². The molecule has 0 aliphatic heterocycles. The van der Waals surface area contributed by atoms with Gasteiger partial charge in [0.1, 0.15) is 16.9 Å². The van der Waals surface area contributed by atoms with E-state index in [0.29, 0.717) is 5.75 Å². The normalized spacial score (nSPS) is 9.89. The van der Waals surface area contributed by atoms with Crippen LogP contribution in [0.5, 0.6) is 5.75 Å². The van der Waals surface area contributed by atoms with Crippen LogP contribution in [-0.2, 0) is 4.74 Å². The fourth-order valence-corrected chi connectivity index (χ4v) is 1.12. The van der Waals surface area contributed by atoms with Gasteiger partial charge in [-0.05, 0) is 32.9 Å². The van der Waals surface area contributed by atoms with Crippen molar-refractivity contribution in [3.8, 4) is 5.75 Å². The summed E-state index contributed by atoms with van der Waals surface area (Å²) < 4.78 is 9.40. The molecule has 0 unspecified atom stereocenters. The standard InChI is InChI=1S/C8H8O3.C5H11NO2/c1-11-7-5-3-2-4-6(7)8(9)10;1-5(2,3)8-4(6)7/h2-5H,1H3,(H,9,10);1-3H3,(H2,6,7). The molecular formula is C13H19NO5. The molecular weight excluding hydrogens is 250 g/mol. The van der Waals surface area contributed by atoms with E-state index in [2.05, 4.69) is 4.74 Å². The summed E-state index contributed by atoms with van der Waals surface area (Å²) in [5.74, 6) is -0.581. The van der Waals surface area contributed by atoms with Crippen molar-refractivity contribution in [3.05, 3.63) is 29.8 Å². The first-order chi connectivity index (χ1) is 8.67. The maximum Gasteiger partial charge on any atom is 0.405 e. The van der Waals surface area contributed by atoms with E-state index in [9.17, 15) is 9.59 Å². The molecule has 1 aromatic rings. The quantitative estimate of drug-likeness (QED) is 0.858. The van der Waals surface area contributed by atoms with Gasteiger partial charge in [0.2, 0.25) is 0 Å². The molecule has 0 aliphatic carbocycles. The number of primary amides is 1. The zero-order valence-electron chi connectivity index (χ0n) is 11.5. The summed E-state index contributed by atoms with van der Waals surface area (Å²) in [7, 11) is 1.45. The molecule has 0 atom stereocenters. The second-order valence-corrected chi connectivity index (χ2v) is 4.54. The molecule has 6 heteroatoms. The van der Waals surface area contributed by atoms with Crippen LogP contribution in [0.25, 0.3) is 0 Å². The first-order valence-corrected chi connectivity index (χ1v) is 5.52. The summed E-state index contributed by atoms with van der Waals surface area (Å²) in [6.07, 6.45) is -0.725. The van der Waals surface area contributed by atoms with Gasteiger partial charge in [-0.1, -0.05) is 12.1 Å². The maximum atomic E-state index is 10.5. The van der Waals surface area contributed by atoms with E-state index in [1.807, 2.05) is 0 Å². The zero-order valence-corrected chi connectivity index (χ0v) is 11.5. The third-order valence-electron chi connectivity index (χ3n) is 1.74. The molecule has 0 saturated carbocycles. The van der Waals surface area contributed by atoms with Crippen molar-refractivity contribution in [2.45, 2.75) is 26.4 Å². The Morgan fingerprint density at radius 1 is 1.21 bits per heavy atom. The third-order valence-corrected chi connectivity index (χ3v) is 1.74. The Hall–Kier alpha value is -2.24. The molecule has 0 aromatic heterocycles. The van der Waals surface area contributed by atoms with Crippen LogP contribution in [0, 0.1) is 0 Å². The maximum absolute atomic E-state index is 10.5. The van der Waals surface area contributed by atoms with Crippen molar-refractivity contribution >= 4 is 12.1 Å². The molecule has 0 fully saturated rings. The average molecular weight is 269 g/mol. The minimum absolute atomic E-state index is 0.190. The van der Waals surface area contributed by atoms with Gasteiger partial charge in [0.25, 0.3) is 0 Å². The molecule has 19 heavy (non-hydrogen) atoms. The molecule has 3 N–H and O–H groups in total. The number of hydrogen-bond acceptors (Lipinski definition) is 4. The fraction of sp³-hybridized carbons (Fsp3) is 0.385. The summed E-state index contributed by atoms with van der Waals surface area (Å²) in [4.78, 5) is 20.5. The van der Waals surface area contributed by atoms with E-state index < -0.39 is 17.7 Å². The Balaban J connectivity index is 0.000000362. The number of amides is 1. The van der Waals surface area contributed by atoms with Gasteiger partial charge in [0, 0.05) is 0 Å². The largest absolute Gasteiger partial charge is 0.496 e. The first-order valence-electron chi connectivity index (χ1n) is 5.52. The van der Waals surface area contributed by atoms with Crippen LogP contribution in [0.1, 0.15) is 31.1 Å². The summed E-state index contributed by atoms with van der Waals surface area (Å²) in [6, 6.07) is 6.50. The predicted molar refractivity (Wildman–Crippen MR) is 70.4 cm³/mol. The number of carboxylic acids is 1. The molecule has 1 rings (SSSR count). The average Bonchev–Trinajstić information content (AvgIpc) is 2.26. The van der Waals surface area contributed by atoms with Gasteiger partial charge in [-0.25, -0.2) is 9.59 Å². The van der Waals surface area contributed by atoms with Crippen molar-refractivity contribution < 1.29 is 24.2 Å². The number of aromatic carboxylic acids is 1. The number of hydrogen-bond donors (Lipinski definition) is 2. The lowest BCUT2D eigenvalue weighted by atomic mass is 10.2. The molecule has 1 aromatic carbocycles. The molecule has 106 valence electrons. The van der Waals surface area contributed by atoms with Crippen LogP contribution in [-0.4, -0.2) is 29.9 Å². The van der Waals surface area contributed by atoms with Gasteiger partial charge in [-0.3, -0.25) is 0 Å². The van der Waals surface area contributed by atoms with Crippen LogP contribution in [0.2, 0.25) is 0 Å². The lowest BCUT2D eigenvalue weighted by Crippen LogP contribution is -2.27. The molecule has 0 bridgehead atoms. The smallest absolute Gasteiger partial charge is 0.405 e. The van der Waals surface area contributed by atoms with Crippen molar-refractivity contribution in [2.24, 2.45) is 5.73 Å². The van der Waals surface area contributed by atoms with Gasteiger partial charge in [0.05, 0.1) is 7.11 Å². The van der Waals surface area contributed by atoms with Crippen molar-refractivity contribution in [2.75, 3.05) is 7.11 Å². The number of carbonyl (C=O) groups excluding carboxylic acids is 1. The zero-order chi connectivity index (χ0) is 15.1. The number of rotatable bonds is 2. The van der Waals surface area contributed by atoms with Crippen LogP contribution in [0.4, 0.5) is 4.79 Å². The first kappa shape index (κ1) is 16.8. The third kappa shape index (κ3) is 7.64. The van der Waals surface area contributed by atoms with Crippen LogP contribution < -0.4 is 10.5 Å². The summed E-state index contributed by atoms with van der Waals surface area (Å²) >= 11 is 0. The Bertz CT molecular complexity index is 437. The van der Waals surface area contributed by atoms with Crippen LogP contribution in [0.3, 0.4) is 0 Å². The topological polar surface area (TPSA) is 98.9 Å². The van der Waals surface area contributed by atoms with E-state index in [0.717, 1.165) is 0 Å². The summed E-state index contributed by atoms with van der Waals surface area (Å²) in [5, 5.41) is 8.62. The number of methoxy groups -OCH3 is 1.